The molecule has 2 heterocycles. The Morgan fingerprint density at radius 3 is 3.09 bits per heavy atom. The van der Waals surface area contributed by atoms with Gasteiger partial charge in [-0.2, -0.15) is 16.9 Å². The topological polar surface area (TPSA) is 73.9 Å². The highest BCUT2D eigenvalue weighted by molar-refractivity contribution is 8.00. The number of rotatable bonds is 3. The van der Waals surface area contributed by atoms with Gasteiger partial charge in [0, 0.05) is 35.7 Å². The van der Waals surface area contributed by atoms with Crippen LogP contribution in [0.1, 0.15) is 19.4 Å². The molecule has 7 heteroatoms. The normalized spacial score (nSPS) is 17.0. The number of nitrogens with zero attached hydrogens (tertiary/aromatic N) is 3. The Morgan fingerprint density at radius 2 is 2.35 bits per heavy atom. The highest BCUT2D eigenvalue weighted by Gasteiger charge is 2.29. The van der Waals surface area contributed by atoms with Crippen molar-refractivity contribution in [1.29, 1.82) is 0 Å². The van der Waals surface area contributed by atoms with Crippen molar-refractivity contribution in [1.82, 2.24) is 25.4 Å². The van der Waals surface area contributed by atoms with Crippen LogP contribution in [0.3, 0.4) is 0 Å². The number of carbonyl (C=O) groups is 1. The van der Waals surface area contributed by atoms with Gasteiger partial charge in [-0.3, -0.25) is 5.10 Å². The fourth-order valence-electron chi connectivity index (χ4n) is 2.65. The Bertz CT molecular complexity index is 671. The molecule has 3 rings (SSSR count). The molecule has 2 amide bonds. The molecule has 1 aliphatic rings. The fourth-order valence-corrected chi connectivity index (χ4v) is 3.76. The first-order valence-corrected chi connectivity index (χ1v) is 8.63. The van der Waals surface area contributed by atoms with Crippen molar-refractivity contribution >= 4 is 17.8 Å². The number of amides is 2. The van der Waals surface area contributed by atoms with Gasteiger partial charge in [0.2, 0.25) is 0 Å². The first kappa shape index (κ1) is 15.9. The lowest BCUT2D eigenvalue weighted by molar-refractivity contribution is 0.194. The number of nitrogens with one attached hydrogen (secondary N) is 2. The molecule has 1 saturated heterocycles. The minimum absolute atomic E-state index is 0.00319. The Labute approximate surface area is 140 Å². The maximum absolute atomic E-state index is 12.3. The second kappa shape index (κ2) is 6.62. The monoisotopic (exact) mass is 331 g/mol. The molecule has 6 nitrogen and oxygen atoms in total. The highest BCUT2D eigenvalue weighted by atomic mass is 32.2. The molecule has 0 atom stereocenters. The van der Waals surface area contributed by atoms with E-state index in [-0.39, 0.29) is 10.8 Å². The third-order valence-electron chi connectivity index (χ3n) is 3.77. The van der Waals surface area contributed by atoms with Gasteiger partial charge in [-0.25, -0.2) is 9.78 Å². The summed E-state index contributed by atoms with van der Waals surface area (Å²) in [6, 6.07) is 7.94. The lowest BCUT2D eigenvalue weighted by Crippen LogP contribution is -2.49. The number of aromatic amines is 1. The van der Waals surface area contributed by atoms with Crippen molar-refractivity contribution in [2.24, 2.45) is 0 Å². The van der Waals surface area contributed by atoms with Crippen molar-refractivity contribution in [3.63, 3.8) is 0 Å². The molecule has 2 N–H and O–H groups in total. The molecule has 0 bridgehead atoms. The van der Waals surface area contributed by atoms with E-state index in [1.54, 1.807) is 0 Å². The van der Waals surface area contributed by atoms with Gasteiger partial charge in [0.15, 0.2) is 5.82 Å². The summed E-state index contributed by atoms with van der Waals surface area (Å²) in [4.78, 5) is 18.4. The Morgan fingerprint density at radius 1 is 1.48 bits per heavy atom. The van der Waals surface area contributed by atoms with Crippen LogP contribution in [0.4, 0.5) is 4.79 Å². The van der Waals surface area contributed by atoms with Gasteiger partial charge >= 0.3 is 6.03 Å². The average Bonchev–Trinajstić information content (AvgIpc) is 3.06. The van der Waals surface area contributed by atoms with E-state index in [1.807, 2.05) is 40.9 Å². The van der Waals surface area contributed by atoms with Gasteiger partial charge < -0.3 is 10.2 Å². The smallest absolute Gasteiger partial charge is 0.317 e. The predicted molar refractivity (Wildman–Crippen MR) is 92.2 cm³/mol. The quantitative estimate of drug-likeness (QED) is 0.906. The van der Waals surface area contributed by atoms with Crippen molar-refractivity contribution in [2.45, 2.75) is 25.1 Å². The minimum atomic E-state index is 0.00319. The summed E-state index contributed by atoms with van der Waals surface area (Å²) in [5, 5.41) is 9.72. The van der Waals surface area contributed by atoms with E-state index in [0.29, 0.717) is 6.54 Å². The van der Waals surface area contributed by atoms with Crippen molar-refractivity contribution in [3.05, 3.63) is 36.2 Å². The van der Waals surface area contributed by atoms with Crippen LogP contribution in [-0.2, 0) is 6.54 Å². The summed E-state index contributed by atoms with van der Waals surface area (Å²) in [7, 11) is 0. The van der Waals surface area contributed by atoms with Gasteiger partial charge in [-0.1, -0.05) is 18.2 Å². The van der Waals surface area contributed by atoms with E-state index in [0.717, 1.165) is 35.8 Å². The molecular formula is C16H21N5OS. The Hall–Kier alpha value is -2.02. The van der Waals surface area contributed by atoms with E-state index in [1.165, 1.54) is 6.33 Å². The molecule has 0 aliphatic carbocycles. The van der Waals surface area contributed by atoms with E-state index in [4.69, 9.17) is 0 Å². The largest absolute Gasteiger partial charge is 0.334 e. The Kier molecular flexibility index (Phi) is 4.56. The number of urea groups is 1. The molecule has 0 unspecified atom stereocenters. The average molecular weight is 331 g/mol. The van der Waals surface area contributed by atoms with Gasteiger partial charge in [0.25, 0.3) is 0 Å². The van der Waals surface area contributed by atoms with Gasteiger partial charge in [0.05, 0.1) is 0 Å². The third-order valence-corrected chi connectivity index (χ3v) is 5.07. The SMILES string of the molecule is CC1(C)CN(C(=O)NCc2cccc(-c3ncn[nH]3)c2)CCS1. The van der Waals surface area contributed by atoms with Crippen LogP contribution in [0.25, 0.3) is 11.4 Å². The van der Waals surface area contributed by atoms with Gasteiger partial charge in [0.1, 0.15) is 6.33 Å². The van der Waals surface area contributed by atoms with E-state index in [9.17, 15) is 4.79 Å². The van der Waals surface area contributed by atoms with Crippen molar-refractivity contribution in [2.75, 3.05) is 18.8 Å². The van der Waals surface area contributed by atoms with Crippen molar-refractivity contribution < 1.29 is 4.79 Å². The molecule has 2 aromatic rings. The van der Waals surface area contributed by atoms with Crippen LogP contribution >= 0.6 is 11.8 Å². The highest BCUT2D eigenvalue weighted by Crippen LogP contribution is 2.29. The predicted octanol–water partition coefficient (Wildman–Crippen LogP) is 2.51. The van der Waals surface area contributed by atoms with Crippen molar-refractivity contribution in [3.8, 4) is 11.4 Å². The minimum Gasteiger partial charge on any atom is -0.334 e. The lowest BCUT2D eigenvalue weighted by Gasteiger charge is -2.37. The summed E-state index contributed by atoms with van der Waals surface area (Å²) in [6.45, 7) is 6.44. The van der Waals surface area contributed by atoms with E-state index >= 15 is 0 Å². The van der Waals surface area contributed by atoms with E-state index < -0.39 is 0 Å². The maximum Gasteiger partial charge on any atom is 0.317 e. The molecule has 0 saturated carbocycles. The van der Waals surface area contributed by atoms with Crippen LogP contribution in [-0.4, -0.2) is 49.7 Å². The van der Waals surface area contributed by atoms with Crippen LogP contribution in [0.2, 0.25) is 0 Å². The first-order valence-electron chi connectivity index (χ1n) is 7.65. The summed E-state index contributed by atoms with van der Waals surface area (Å²) in [5.74, 6) is 1.72. The lowest BCUT2D eigenvalue weighted by atomic mass is 10.1. The maximum atomic E-state index is 12.3. The summed E-state index contributed by atoms with van der Waals surface area (Å²) >= 11 is 1.92. The molecule has 0 spiro atoms. The second-order valence-corrected chi connectivity index (χ2v) is 8.02. The number of hydrogen-bond acceptors (Lipinski definition) is 4. The third kappa shape index (κ3) is 4.04. The number of thioether (sulfide) groups is 1. The molecule has 122 valence electrons. The summed E-state index contributed by atoms with van der Waals surface area (Å²) in [5.41, 5.74) is 2.00. The van der Waals surface area contributed by atoms with Crippen LogP contribution in [0, 0.1) is 0 Å². The standard InChI is InChI=1S/C16H21N5OS/c1-16(2)10-21(6-7-23-16)15(22)17-9-12-4-3-5-13(8-12)14-18-11-19-20-14/h3-5,8,11H,6-7,9-10H2,1-2H3,(H,17,22)(H,18,19,20). The molecule has 1 aromatic heterocycles. The fraction of sp³-hybridized carbons (Fsp3) is 0.438. The first-order chi connectivity index (χ1) is 11.0. The summed E-state index contributed by atoms with van der Waals surface area (Å²) < 4.78 is 0.127. The zero-order valence-electron chi connectivity index (χ0n) is 13.4. The van der Waals surface area contributed by atoms with Crippen LogP contribution in [0.5, 0.6) is 0 Å². The zero-order valence-corrected chi connectivity index (χ0v) is 14.2. The van der Waals surface area contributed by atoms with E-state index in [2.05, 4.69) is 34.3 Å². The molecular weight excluding hydrogens is 310 g/mol. The van der Waals surface area contributed by atoms with Crippen LogP contribution < -0.4 is 5.32 Å². The number of carbonyl (C=O) groups excluding carboxylic acids is 1. The Balaban J connectivity index is 1.60. The number of hydrogen-bond donors (Lipinski definition) is 2. The summed E-state index contributed by atoms with van der Waals surface area (Å²) in [6.07, 6.45) is 1.49. The number of H-pyrrole nitrogens is 1. The molecule has 0 radical (unpaired) electrons. The van der Waals surface area contributed by atoms with Crippen LogP contribution in [0.15, 0.2) is 30.6 Å². The molecule has 1 aromatic carbocycles. The van der Waals surface area contributed by atoms with Gasteiger partial charge in [-0.15, -0.1) is 0 Å². The molecule has 1 fully saturated rings. The number of aromatic nitrogens is 3. The second-order valence-electron chi connectivity index (χ2n) is 6.22. The number of benzene rings is 1. The molecule has 1 aliphatic heterocycles. The molecule has 23 heavy (non-hydrogen) atoms. The zero-order chi connectivity index (χ0) is 16.3. The van der Waals surface area contributed by atoms with Gasteiger partial charge in [-0.05, 0) is 25.5 Å².